The third-order valence-electron chi connectivity index (χ3n) is 10.9. The van der Waals surface area contributed by atoms with E-state index < -0.39 is 74.1 Å². The summed E-state index contributed by atoms with van der Waals surface area (Å²) in [6.07, 6.45) is 6.27. The lowest BCUT2D eigenvalue weighted by Gasteiger charge is -2.32. The smallest absolute Gasteiger partial charge is 0.405 e. The Morgan fingerprint density at radius 3 is 2.58 bits per heavy atom. The second-order valence-corrected chi connectivity index (χ2v) is 17.8. The lowest BCUT2D eigenvalue weighted by atomic mass is 9.88. The van der Waals surface area contributed by atoms with Crippen LogP contribution < -0.4 is 24.8 Å². The van der Waals surface area contributed by atoms with Gasteiger partial charge in [-0.1, -0.05) is 26.0 Å². The van der Waals surface area contributed by atoms with Gasteiger partial charge in [-0.15, -0.1) is 0 Å². The van der Waals surface area contributed by atoms with Crippen LogP contribution in [0, 0.1) is 17.8 Å². The molecule has 1 saturated heterocycles. The molecule has 1 aromatic carbocycles. The summed E-state index contributed by atoms with van der Waals surface area (Å²) in [6.45, 7) is 9.23. The van der Waals surface area contributed by atoms with E-state index in [0.717, 1.165) is 11.8 Å². The summed E-state index contributed by atoms with van der Waals surface area (Å²) in [4.78, 5) is 60.2. The fourth-order valence-electron chi connectivity index (χ4n) is 7.46. The molecule has 1 aromatic heterocycles. The van der Waals surface area contributed by atoms with Gasteiger partial charge in [-0.2, -0.15) is 0 Å². The van der Waals surface area contributed by atoms with Crippen molar-refractivity contribution in [1.82, 2.24) is 25.2 Å². The number of sulfonamides is 1. The van der Waals surface area contributed by atoms with Crippen LogP contribution in [0.2, 0.25) is 0 Å². The van der Waals surface area contributed by atoms with Crippen molar-refractivity contribution in [1.29, 1.82) is 0 Å². The number of carbonyl (C=O) groups is 4. The van der Waals surface area contributed by atoms with E-state index in [2.05, 4.69) is 20.3 Å². The van der Waals surface area contributed by atoms with E-state index in [9.17, 15) is 32.7 Å². The molecule has 4 amide bonds. The van der Waals surface area contributed by atoms with Gasteiger partial charge < -0.3 is 30.1 Å². The van der Waals surface area contributed by atoms with Crippen LogP contribution in [-0.2, 0) is 24.4 Å². The molecule has 0 unspecified atom stereocenters. The van der Waals surface area contributed by atoms with Crippen molar-refractivity contribution in [3.8, 4) is 11.6 Å². The number of benzene rings is 1. The molecule has 3 fully saturated rings. The average Bonchev–Trinajstić information content (AvgIpc) is 3.94. The molecule has 6 rings (SSSR count). The van der Waals surface area contributed by atoms with Gasteiger partial charge in [0.05, 0.1) is 17.4 Å². The SMILES string of the molecule is CC(C)Oc1ccc2c(O[C@@H]3C[C@H]4C(=O)N[C@]5(C(=O)NS(=O)(=O)C6(C)CC6)C[C@H]5C=CCC[C@@H](C)C[C@@H](C)[C@H](NC(=O)O)C(=O)N4C3)nccc2c1. The summed E-state index contributed by atoms with van der Waals surface area (Å²) >= 11 is 0. The van der Waals surface area contributed by atoms with E-state index in [1.54, 1.807) is 13.1 Å². The van der Waals surface area contributed by atoms with Crippen molar-refractivity contribution in [2.45, 2.75) is 114 Å². The maximum atomic E-state index is 14.4. The maximum absolute atomic E-state index is 14.4. The maximum Gasteiger partial charge on any atom is 0.405 e. The first-order valence-corrected chi connectivity index (χ1v) is 19.6. The minimum Gasteiger partial charge on any atom is -0.491 e. The fourth-order valence-corrected chi connectivity index (χ4v) is 8.77. The van der Waals surface area contributed by atoms with Gasteiger partial charge in [0, 0.05) is 23.9 Å². The fraction of sp³-hybridized carbons (Fsp3) is 0.595. The van der Waals surface area contributed by atoms with Crippen LogP contribution in [0.5, 0.6) is 11.6 Å². The molecule has 2 aromatic rings. The van der Waals surface area contributed by atoms with Crippen LogP contribution >= 0.6 is 0 Å². The largest absolute Gasteiger partial charge is 0.491 e. The lowest BCUT2D eigenvalue weighted by Crippen LogP contribution is -2.59. The van der Waals surface area contributed by atoms with Crippen molar-refractivity contribution < 1.29 is 42.2 Å². The van der Waals surface area contributed by atoms with Crippen molar-refractivity contribution in [2.75, 3.05) is 6.54 Å². The van der Waals surface area contributed by atoms with Gasteiger partial charge in [0.1, 0.15) is 29.5 Å². The van der Waals surface area contributed by atoms with Gasteiger partial charge in [0.25, 0.3) is 5.91 Å². The van der Waals surface area contributed by atoms with E-state index in [1.807, 2.05) is 64.1 Å². The third-order valence-corrected chi connectivity index (χ3v) is 13.0. The quantitative estimate of drug-likeness (QED) is 0.289. The molecule has 7 atom stereocenters. The minimum atomic E-state index is -4.00. The lowest BCUT2D eigenvalue weighted by molar-refractivity contribution is -0.142. The molecular formula is C37H49N5O9S. The molecule has 52 heavy (non-hydrogen) atoms. The Morgan fingerprint density at radius 2 is 1.88 bits per heavy atom. The van der Waals surface area contributed by atoms with E-state index >= 15 is 0 Å². The highest BCUT2D eigenvalue weighted by Crippen LogP contribution is 2.47. The van der Waals surface area contributed by atoms with Crippen molar-refractivity contribution in [3.63, 3.8) is 0 Å². The number of nitrogens with zero attached hydrogens (tertiary/aromatic N) is 2. The second kappa shape index (κ2) is 14.2. The zero-order valence-electron chi connectivity index (χ0n) is 30.3. The van der Waals surface area contributed by atoms with Crippen molar-refractivity contribution >= 4 is 44.6 Å². The summed E-state index contributed by atoms with van der Waals surface area (Å²) in [5.41, 5.74) is -1.54. The Morgan fingerprint density at radius 1 is 1.13 bits per heavy atom. The number of pyridine rings is 1. The Kier molecular flexibility index (Phi) is 10.2. The predicted octanol–water partition coefficient (Wildman–Crippen LogP) is 3.89. The molecule has 0 spiro atoms. The molecule has 0 bridgehead atoms. The number of nitrogens with one attached hydrogen (secondary N) is 3. The number of carboxylic acid groups (broad SMARTS) is 1. The average molecular weight is 740 g/mol. The molecule has 4 N–H and O–H groups in total. The van der Waals surface area contributed by atoms with E-state index in [1.165, 1.54) is 4.90 Å². The number of aromatic nitrogens is 1. The predicted molar refractivity (Wildman–Crippen MR) is 192 cm³/mol. The summed E-state index contributed by atoms with van der Waals surface area (Å²) < 4.78 is 39.6. The van der Waals surface area contributed by atoms with Crippen LogP contribution in [0.3, 0.4) is 0 Å². The number of rotatable bonds is 8. The van der Waals surface area contributed by atoms with Crippen LogP contribution in [0.25, 0.3) is 10.8 Å². The number of amides is 4. The highest BCUT2D eigenvalue weighted by Gasteiger charge is 2.63. The molecule has 4 aliphatic rings. The Bertz CT molecular complexity index is 1880. The standard InChI is InChI=1S/C37H49N5O9S/c1-21(2)50-26-10-11-28-24(17-26)12-15-38-32(28)51-27-18-29-31(43)40-37(34(45)41-52(48,49)36(5)13-14-36)19-25(37)9-7-6-8-22(3)16-23(4)30(39-35(46)47)33(44)42(29)20-27/h7,9-12,15,17,21-23,25,27,29-30,39H,6,8,13-14,16,18-20H2,1-5H3,(H,40,43)(H,41,45)(H,46,47)/t22-,23-,25-,27-,29+,30+,37-/m1/s1. The Labute approximate surface area is 304 Å². The first kappa shape index (κ1) is 37.4. The molecule has 2 aliphatic heterocycles. The molecule has 282 valence electrons. The Balaban J connectivity index is 1.32. The molecule has 14 nitrogen and oxygen atoms in total. The number of carbonyl (C=O) groups excluding carboxylic acids is 3. The topological polar surface area (TPSA) is 193 Å². The zero-order chi connectivity index (χ0) is 37.6. The summed E-state index contributed by atoms with van der Waals surface area (Å²) in [5.74, 6) is -1.83. The van der Waals surface area contributed by atoms with Gasteiger partial charge in [-0.25, -0.2) is 18.2 Å². The highest BCUT2D eigenvalue weighted by atomic mass is 32.2. The first-order chi connectivity index (χ1) is 24.5. The van der Waals surface area contributed by atoms with Crippen molar-refractivity contribution in [3.05, 3.63) is 42.6 Å². The number of allylic oxidation sites excluding steroid dienone is 1. The summed E-state index contributed by atoms with van der Waals surface area (Å²) in [6, 6.07) is 5.03. The van der Waals surface area contributed by atoms with Crippen LogP contribution in [0.1, 0.15) is 79.6 Å². The van der Waals surface area contributed by atoms with Gasteiger partial charge in [-0.05, 0) is 101 Å². The third kappa shape index (κ3) is 7.69. The van der Waals surface area contributed by atoms with Crippen LogP contribution in [0.15, 0.2) is 42.6 Å². The normalized spacial score (nSPS) is 30.3. The molecule has 2 saturated carbocycles. The second-order valence-electron chi connectivity index (χ2n) is 15.6. The summed E-state index contributed by atoms with van der Waals surface area (Å²) in [7, 11) is -4.00. The van der Waals surface area contributed by atoms with E-state index in [0.29, 0.717) is 42.7 Å². The number of ether oxygens (including phenoxy) is 2. The number of hydrogen-bond donors (Lipinski definition) is 4. The monoisotopic (exact) mass is 739 g/mol. The molecule has 0 radical (unpaired) electrons. The van der Waals surface area contributed by atoms with Gasteiger partial charge in [0.15, 0.2) is 0 Å². The first-order valence-electron chi connectivity index (χ1n) is 18.1. The molecule has 3 heterocycles. The Hall–Kier alpha value is -4.40. The molecule has 2 aliphatic carbocycles. The van der Waals surface area contributed by atoms with Gasteiger partial charge >= 0.3 is 6.09 Å². The number of hydrogen-bond acceptors (Lipinski definition) is 9. The van der Waals surface area contributed by atoms with Crippen molar-refractivity contribution in [2.24, 2.45) is 17.8 Å². The highest BCUT2D eigenvalue weighted by molar-refractivity contribution is 7.91. The van der Waals surface area contributed by atoms with Crippen LogP contribution in [0.4, 0.5) is 4.79 Å². The molecular weight excluding hydrogens is 690 g/mol. The summed E-state index contributed by atoms with van der Waals surface area (Å²) in [5, 5.41) is 16.5. The van der Waals surface area contributed by atoms with Gasteiger partial charge in [0.2, 0.25) is 27.7 Å². The zero-order valence-corrected chi connectivity index (χ0v) is 31.1. The van der Waals surface area contributed by atoms with E-state index in [4.69, 9.17) is 9.47 Å². The number of fused-ring (bicyclic) bond motifs is 3. The van der Waals surface area contributed by atoms with E-state index in [-0.39, 0.29) is 31.4 Å². The molecule has 15 heteroatoms. The van der Waals surface area contributed by atoms with Gasteiger partial charge in [-0.3, -0.25) is 19.1 Å². The van der Waals surface area contributed by atoms with Crippen LogP contribution in [-0.4, -0.2) is 88.3 Å². The minimum absolute atomic E-state index is 0.0172.